The number of carbonyl (C=O) groups excluding carboxylic acids is 1. The van der Waals surface area contributed by atoms with Crippen molar-refractivity contribution < 1.29 is 19.4 Å². The van der Waals surface area contributed by atoms with Crippen LogP contribution in [0.15, 0.2) is 30.3 Å². The SMILES string of the molecule is CCNC(=O)CCOc1ccc(/C=C/C(=O)O)cc1. The van der Waals surface area contributed by atoms with Gasteiger partial charge in [-0.05, 0) is 30.7 Å². The van der Waals surface area contributed by atoms with Crippen LogP contribution in [0, 0.1) is 0 Å². The van der Waals surface area contributed by atoms with Crippen LogP contribution in [0.25, 0.3) is 6.08 Å². The summed E-state index contributed by atoms with van der Waals surface area (Å²) in [6.45, 7) is 2.79. The standard InChI is InChI=1S/C14H17NO4/c1-2-15-13(16)9-10-19-12-6-3-11(4-7-12)5-8-14(17)18/h3-8H,2,9-10H2,1H3,(H,15,16)(H,17,18)/b8-5+. The van der Waals surface area contributed by atoms with Gasteiger partial charge in [0.25, 0.3) is 0 Å². The second-order valence-corrected chi connectivity index (χ2v) is 3.79. The molecule has 1 aromatic carbocycles. The highest BCUT2D eigenvalue weighted by Gasteiger charge is 2.00. The molecule has 19 heavy (non-hydrogen) atoms. The molecule has 5 nitrogen and oxygen atoms in total. The average molecular weight is 263 g/mol. The first-order valence-corrected chi connectivity index (χ1v) is 6.02. The monoisotopic (exact) mass is 263 g/mol. The molecule has 0 bridgehead atoms. The summed E-state index contributed by atoms with van der Waals surface area (Å²) < 4.78 is 5.40. The van der Waals surface area contributed by atoms with E-state index in [0.717, 1.165) is 11.6 Å². The normalized spacial score (nSPS) is 10.4. The van der Waals surface area contributed by atoms with Gasteiger partial charge in [0.05, 0.1) is 13.0 Å². The van der Waals surface area contributed by atoms with Gasteiger partial charge in [0.2, 0.25) is 5.91 Å². The smallest absolute Gasteiger partial charge is 0.328 e. The molecule has 0 heterocycles. The summed E-state index contributed by atoms with van der Waals surface area (Å²) in [5.41, 5.74) is 0.776. The number of rotatable bonds is 7. The topological polar surface area (TPSA) is 75.6 Å². The van der Waals surface area contributed by atoms with Crippen molar-refractivity contribution in [2.45, 2.75) is 13.3 Å². The molecule has 1 aromatic rings. The number of carboxylic acids is 1. The number of amides is 1. The van der Waals surface area contributed by atoms with Gasteiger partial charge in [0.1, 0.15) is 5.75 Å². The Morgan fingerprint density at radius 3 is 2.58 bits per heavy atom. The molecule has 0 saturated carbocycles. The van der Waals surface area contributed by atoms with E-state index in [2.05, 4.69) is 5.32 Å². The third kappa shape index (κ3) is 6.26. The summed E-state index contributed by atoms with van der Waals surface area (Å²) in [6.07, 6.45) is 2.89. The molecule has 0 aliphatic rings. The highest BCUT2D eigenvalue weighted by molar-refractivity contribution is 5.85. The molecular formula is C14H17NO4. The molecule has 5 heteroatoms. The largest absolute Gasteiger partial charge is 0.493 e. The predicted molar refractivity (Wildman–Crippen MR) is 71.9 cm³/mol. The Morgan fingerprint density at radius 2 is 2.00 bits per heavy atom. The fraction of sp³-hybridized carbons (Fsp3) is 0.286. The number of nitrogens with one attached hydrogen (secondary N) is 1. The van der Waals surface area contributed by atoms with E-state index in [1.807, 2.05) is 6.92 Å². The van der Waals surface area contributed by atoms with Crippen LogP contribution in [0.1, 0.15) is 18.9 Å². The summed E-state index contributed by atoms with van der Waals surface area (Å²) in [5, 5.41) is 11.2. The second kappa shape index (κ2) is 7.92. The lowest BCUT2D eigenvalue weighted by molar-refractivity contribution is -0.131. The number of hydrogen-bond acceptors (Lipinski definition) is 3. The maximum atomic E-state index is 11.2. The van der Waals surface area contributed by atoms with Crippen LogP contribution in [-0.4, -0.2) is 30.1 Å². The highest BCUT2D eigenvalue weighted by atomic mass is 16.5. The Morgan fingerprint density at radius 1 is 1.32 bits per heavy atom. The van der Waals surface area contributed by atoms with E-state index < -0.39 is 5.97 Å². The van der Waals surface area contributed by atoms with Gasteiger partial charge in [-0.2, -0.15) is 0 Å². The van der Waals surface area contributed by atoms with Crippen molar-refractivity contribution in [2.24, 2.45) is 0 Å². The van der Waals surface area contributed by atoms with Gasteiger partial charge in [-0.1, -0.05) is 12.1 Å². The summed E-state index contributed by atoms with van der Waals surface area (Å²) in [5.74, 6) is -0.373. The van der Waals surface area contributed by atoms with E-state index in [4.69, 9.17) is 9.84 Å². The molecule has 0 atom stereocenters. The third-order valence-electron chi connectivity index (χ3n) is 2.27. The molecule has 0 aliphatic heterocycles. The molecule has 2 N–H and O–H groups in total. The Balaban J connectivity index is 2.40. The van der Waals surface area contributed by atoms with Crippen molar-refractivity contribution in [1.29, 1.82) is 0 Å². The number of benzene rings is 1. The van der Waals surface area contributed by atoms with Gasteiger partial charge >= 0.3 is 5.97 Å². The van der Waals surface area contributed by atoms with Crippen molar-refractivity contribution >= 4 is 18.0 Å². The molecule has 0 aromatic heterocycles. The lowest BCUT2D eigenvalue weighted by atomic mass is 10.2. The molecule has 0 saturated heterocycles. The van der Waals surface area contributed by atoms with Gasteiger partial charge < -0.3 is 15.2 Å². The summed E-state index contributed by atoms with van der Waals surface area (Å²) in [7, 11) is 0. The Bertz CT molecular complexity index is 451. The first-order valence-electron chi connectivity index (χ1n) is 6.02. The summed E-state index contributed by atoms with van der Waals surface area (Å²) in [4.78, 5) is 21.5. The van der Waals surface area contributed by atoms with E-state index in [0.29, 0.717) is 25.3 Å². The molecule has 1 amide bonds. The van der Waals surface area contributed by atoms with Crippen LogP contribution in [0.5, 0.6) is 5.75 Å². The van der Waals surface area contributed by atoms with Gasteiger partial charge in [-0.3, -0.25) is 4.79 Å². The number of aliphatic carboxylic acids is 1. The van der Waals surface area contributed by atoms with Crippen LogP contribution in [-0.2, 0) is 9.59 Å². The minimum Gasteiger partial charge on any atom is -0.493 e. The lowest BCUT2D eigenvalue weighted by Gasteiger charge is -2.06. The van der Waals surface area contributed by atoms with Gasteiger partial charge in [0.15, 0.2) is 0 Å². The number of carboxylic acid groups (broad SMARTS) is 1. The average Bonchev–Trinajstić information content (AvgIpc) is 2.38. The minimum absolute atomic E-state index is 0.0384. The molecule has 0 aliphatic carbocycles. The van der Waals surface area contributed by atoms with Gasteiger partial charge in [-0.15, -0.1) is 0 Å². The number of ether oxygens (including phenoxy) is 1. The van der Waals surface area contributed by atoms with Gasteiger partial charge in [-0.25, -0.2) is 4.79 Å². The van der Waals surface area contributed by atoms with Crippen LogP contribution in [0.4, 0.5) is 0 Å². The molecule has 0 unspecified atom stereocenters. The molecule has 102 valence electrons. The van der Waals surface area contributed by atoms with Crippen molar-refractivity contribution in [1.82, 2.24) is 5.32 Å². The lowest BCUT2D eigenvalue weighted by Crippen LogP contribution is -2.24. The zero-order valence-electron chi connectivity index (χ0n) is 10.8. The molecular weight excluding hydrogens is 246 g/mol. The van der Waals surface area contributed by atoms with Crippen molar-refractivity contribution in [3.05, 3.63) is 35.9 Å². The van der Waals surface area contributed by atoms with Gasteiger partial charge in [0, 0.05) is 12.6 Å². The first kappa shape index (κ1) is 14.8. The van der Waals surface area contributed by atoms with Crippen LogP contribution in [0.3, 0.4) is 0 Å². The van der Waals surface area contributed by atoms with Crippen LogP contribution < -0.4 is 10.1 Å². The number of carbonyl (C=O) groups is 2. The molecule has 0 radical (unpaired) electrons. The Hall–Kier alpha value is -2.30. The molecule has 0 fully saturated rings. The van der Waals surface area contributed by atoms with Crippen molar-refractivity contribution in [2.75, 3.05) is 13.2 Å². The fourth-order valence-electron chi connectivity index (χ4n) is 1.39. The zero-order valence-corrected chi connectivity index (χ0v) is 10.8. The van der Waals surface area contributed by atoms with E-state index in [9.17, 15) is 9.59 Å². The number of hydrogen-bond donors (Lipinski definition) is 2. The van der Waals surface area contributed by atoms with E-state index in [1.165, 1.54) is 6.08 Å². The van der Waals surface area contributed by atoms with E-state index in [-0.39, 0.29) is 5.91 Å². The van der Waals surface area contributed by atoms with Crippen molar-refractivity contribution in [3.63, 3.8) is 0 Å². The predicted octanol–water partition coefficient (Wildman–Crippen LogP) is 1.69. The minimum atomic E-state index is -0.984. The van der Waals surface area contributed by atoms with Crippen LogP contribution in [0.2, 0.25) is 0 Å². The van der Waals surface area contributed by atoms with E-state index >= 15 is 0 Å². The third-order valence-corrected chi connectivity index (χ3v) is 2.27. The van der Waals surface area contributed by atoms with Crippen LogP contribution >= 0.6 is 0 Å². The van der Waals surface area contributed by atoms with E-state index in [1.54, 1.807) is 24.3 Å². The summed E-state index contributed by atoms with van der Waals surface area (Å²) >= 11 is 0. The quantitative estimate of drug-likeness (QED) is 0.734. The fourth-order valence-corrected chi connectivity index (χ4v) is 1.39. The Kier molecular flexibility index (Phi) is 6.15. The highest BCUT2D eigenvalue weighted by Crippen LogP contribution is 2.13. The maximum Gasteiger partial charge on any atom is 0.328 e. The van der Waals surface area contributed by atoms with Crippen molar-refractivity contribution in [3.8, 4) is 5.75 Å². The first-order chi connectivity index (χ1) is 9.11. The second-order valence-electron chi connectivity index (χ2n) is 3.79. The zero-order chi connectivity index (χ0) is 14.1. The summed E-state index contributed by atoms with van der Waals surface area (Å²) in [6, 6.07) is 6.97. The maximum absolute atomic E-state index is 11.2. The Labute approximate surface area is 111 Å². The molecule has 1 rings (SSSR count). The molecule has 0 spiro atoms.